The maximum absolute atomic E-state index is 11.9. The molecule has 0 fully saturated rings. The van der Waals surface area contributed by atoms with Crippen molar-refractivity contribution in [3.63, 3.8) is 0 Å². The van der Waals surface area contributed by atoms with Crippen molar-refractivity contribution in [2.45, 2.75) is 58.5 Å². The van der Waals surface area contributed by atoms with Crippen LogP contribution in [0.4, 0.5) is 13.2 Å². The molecule has 0 aliphatic heterocycles. The van der Waals surface area contributed by atoms with Gasteiger partial charge >= 0.3 is 6.18 Å². The van der Waals surface area contributed by atoms with Crippen molar-refractivity contribution < 1.29 is 17.9 Å². The number of nitrogens with one attached hydrogen (secondary N) is 1. The number of halogens is 3. The largest absolute Gasteiger partial charge is 0.389 e. The van der Waals surface area contributed by atoms with Crippen molar-refractivity contribution in [2.75, 3.05) is 6.61 Å². The summed E-state index contributed by atoms with van der Waals surface area (Å²) in [5.74, 6) is 0. The average Bonchev–Trinajstić information content (AvgIpc) is 2.71. The van der Waals surface area contributed by atoms with E-state index in [1.54, 1.807) is 0 Å². The van der Waals surface area contributed by atoms with E-state index >= 15 is 0 Å². The number of nitrogens with zero attached hydrogens (tertiary/aromatic N) is 1. The molecule has 0 spiro atoms. The van der Waals surface area contributed by atoms with Gasteiger partial charge in [0.25, 0.3) is 0 Å². The first kappa shape index (κ1) is 17.4. The molecule has 0 saturated heterocycles. The van der Waals surface area contributed by atoms with Crippen LogP contribution < -0.4 is 5.32 Å². The molecule has 1 heterocycles. The summed E-state index contributed by atoms with van der Waals surface area (Å²) in [6.07, 6.45) is -4.91. The average molecular weight is 310 g/mol. The molecular weight excluding hydrogens is 289 g/mol. The van der Waals surface area contributed by atoms with Crippen LogP contribution in [0.2, 0.25) is 0 Å². The van der Waals surface area contributed by atoms with E-state index in [0.717, 1.165) is 10.7 Å². The Morgan fingerprint density at radius 3 is 2.60 bits per heavy atom. The number of hydrogen-bond acceptors (Lipinski definition) is 4. The molecule has 0 radical (unpaired) electrons. The maximum Gasteiger partial charge on any atom is 0.389 e. The van der Waals surface area contributed by atoms with Crippen LogP contribution >= 0.6 is 11.3 Å². The fourth-order valence-corrected chi connectivity index (χ4v) is 2.11. The van der Waals surface area contributed by atoms with Crippen LogP contribution in [0.3, 0.4) is 0 Å². The zero-order valence-electron chi connectivity index (χ0n) is 12.0. The third-order valence-electron chi connectivity index (χ3n) is 2.37. The third-order valence-corrected chi connectivity index (χ3v) is 3.27. The summed E-state index contributed by atoms with van der Waals surface area (Å²) < 4.78 is 40.9. The number of thiazole rings is 1. The van der Waals surface area contributed by atoms with E-state index in [-0.39, 0.29) is 25.2 Å². The van der Waals surface area contributed by atoms with Gasteiger partial charge in [-0.3, -0.25) is 0 Å². The quantitative estimate of drug-likeness (QED) is 0.776. The number of rotatable bonds is 7. The normalized spacial score (nSPS) is 12.9. The highest BCUT2D eigenvalue weighted by Gasteiger charge is 2.25. The molecule has 0 saturated carbocycles. The fraction of sp³-hybridized carbons (Fsp3) is 0.769. The van der Waals surface area contributed by atoms with Gasteiger partial charge in [-0.2, -0.15) is 13.2 Å². The van der Waals surface area contributed by atoms with Gasteiger partial charge in [0, 0.05) is 30.5 Å². The van der Waals surface area contributed by atoms with Crippen molar-refractivity contribution in [1.82, 2.24) is 10.3 Å². The Morgan fingerprint density at radius 2 is 2.00 bits per heavy atom. The molecule has 0 aliphatic carbocycles. The second-order valence-electron chi connectivity index (χ2n) is 5.61. The minimum Gasteiger partial charge on any atom is -0.375 e. The predicted octanol–water partition coefficient (Wildman–Crippen LogP) is 3.89. The van der Waals surface area contributed by atoms with Gasteiger partial charge in [0.15, 0.2) is 0 Å². The Morgan fingerprint density at radius 1 is 1.30 bits per heavy atom. The molecule has 0 unspecified atom stereocenters. The fourth-order valence-electron chi connectivity index (χ4n) is 1.39. The van der Waals surface area contributed by atoms with Crippen LogP contribution in [0.1, 0.15) is 44.3 Å². The van der Waals surface area contributed by atoms with Gasteiger partial charge in [-0.05, 0) is 27.2 Å². The molecule has 20 heavy (non-hydrogen) atoms. The molecule has 116 valence electrons. The lowest BCUT2D eigenvalue weighted by atomic mass is 10.1. The van der Waals surface area contributed by atoms with E-state index < -0.39 is 12.6 Å². The first-order valence-electron chi connectivity index (χ1n) is 6.48. The molecule has 3 nitrogen and oxygen atoms in total. The van der Waals surface area contributed by atoms with Gasteiger partial charge in [0.2, 0.25) is 0 Å². The number of hydrogen-bond donors (Lipinski definition) is 1. The summed E-state index contributed by atoms with van der Waals surface area (Å²) >= 11 is 1.52. The van der Waals surface area contributed by atoms with Crippen molar-refractivity contribution >= 4 is 11.3 Å². The summed E-state index contributed by atoms with van der Waals surface area (Å²) in [5, 5.41) is 6.16. The highest BCUT2D eigenvalue weighted by molar-refractivity contribution is 7.09. The standard InChI is InChI=1S/C13H21F3N2OS/c1-12(2,3)17-7-11-18-10(9-20-11)8-19-6-4-5-13(14,15)16/h9,17H,4-8H2,1-3H3. The molecule has 0 amide bonds. The van der Waals surface area contributed by atoms with Crippen LogP contribution in [0.25, 0.3) is 0 Å². The van der Waals surface area contributed by atoms with Crippen molar-refractivity contribution in [2.24, 2.45) is 0 Å². The minimum absolute atomic E-state index is 0.00786. The Kier molecular flexibility index (Phi) is 6.42. The van der Waals surface area contributed by atoms with Crippen molar-refractivity contribution in [3.05, 3.63) is 16.1 Å². The Hall–Kier alpha value is -0.660. The molecule has 0 aliphatic rings. The Labute approximate surface area is 121 Å². The summed E-state index contributed by atoms with van der Waals surface area (Å²) in [7, 11) is 0. The molecule has 0 aromatic carbocycles. The van der Waals surface area contributed by atoms with Crippen molar-refractivity contribution in [3.8, 4) is 0 Å². The van der Waals surface area contributed by atoms with Gasteiger partial charge in [-0.15, -0.1) is 11.3 Å². The molecule has 0 atom stereocenters. The smallest absolute Gasteiger partial charge is 0.375 e. The van der Waals surface area contributed by atoms with E-state index in [9.17, 15) is 13.2 Å². The lowest BCUT2D eigenvalue weighted by Gasteiger charge is -2.19. The lowest BCUT2D eigenvalue weighted by Crippen LogP contribution is -2.35. The Balaban J connectivity index is 2.20. The molecule has 0 bridgehead atoms. The van der Waals surface area contributed by atoms with Gasteiger partial charge in [-0.25, -0.2) is 4.98 Å². The van der Waals surface area contributed by atoms with E-state index in [4.69, 9.17) is 4.74 Å². The third kappa shape index (κ3) is 8.50. The number of ether oxygens (including phenoxy) is 1. The molecule has 1 rings (SSSR count). The molecular formula is C13H21F3N2OS. The lowest BCUT2D eigenvalue weighted by molar-refractivity contribution is -0.138. The van der Waals surface area contributed by atoms with Crippen LogP contribution in [0, 0.1) is 0 Å². The summed E-state index contributed by atoms with van der Waals surface area (Å²) in [4.78, 5) is 4.37. The van der Waals surface area contributed by atoms with E-state index in [2.05, 4.69) is 31.1 Å². The van der Waals surface area contributed by atoms with Crippen LogP contribution in [-0.4, -0.2) is 23.3 Å². The second-order valence-corrected chi connectivity index (χ2v) is 6.55. The van der Waals surface area contributed by atoms with Crippen LogP contribution in [0.15, 0.2) is 5.38 Å². The highest BCUT2D eigenvalue weighted by atomic mass is 32.1. The topological polar surface area (TPSA) is 34.2 Å². The zero-order valence-corrected chi connectivity index (χ0v) is 12.8. The Bertz CT molecular complexity index is 399. The van der Waals surface area contributed by atoms with Crippen molar-refractivity contribution in [1.29, 1.82) is 0 Å². The first-order chi connectivity index (χ1) is 9.16. The van der Waals surface area contributed by atoms with E-state index in [1.807, 2.05) is 5.38 Å². The number of alkyl halides is 3. The summed E-state index contributed by atoms with van der Waals surface area (Å²) in [5.41, 5.74) is 0.799. The second kappa shape index (κ2) is 7.38. The predicted molar refractivity (Wildman–Crippen MR) is 73.7 cm³/mol. The van der Waals surface area contributed by atoms with Gasteiger partial charge in [0.05, 0.1) is 12.3 Å². The van der Waals surface area contributed by atoms with Gasteiger partial charge in [0.1, 0.15) is 5.01 Å². The molecule has 1 N–H and O–H groups in total. The van der Waals surface area contributed by atoms with Crippen LogP contribution in [-0.2, 0) is 17.9 Å². The van der Waals surface area contributed by atoms with Crippen LogP contribution in [0.5, 0.6) is 0 Å². The zero-order chi connectivity index (χ0) is 15.2. The number of aromatic nitrogens is 1. The highest BCUT2D eigenvalue weighted by Crippen LogP contribution is 2.21. The van der Waals surface area contributed by atoms with Gasteiger partial charge < -0.3 is 10.1 Å². The molecule has 1 aromatic rings. The van der Waals surface area contributed by atoms with Gasteiger partial charge in [-0.1, -0.05) is 0 Å². The van der Waals surface area contributed by atoms with E-state index in [0.29, 0.717) is 6.54 Å². The van der Waals surface area contributed by atoms with E-state index in [1.165, 1.54) is 11.3 Å². The SMILES string of the molecule is CC(C)(C)NCc1nc(COCCCC(F)(F)F)cs1. The molecule has 1 aromatic heterocycles. The maximum atomic E-state index is 11.9. The molecule has 7 heteroatoms. The summed E-state index contributed by atoms with van der Waals surface area (Å²) in [6, 6.07) is 0. The summed E-state index contributed by atoms with van der Waals surface area (Å²) in [6.45, 7) is 7.28. The first-order valence-corrected chi connectivity index (χ1v) is 7.36. The minimum atomic E-state index is -4.10. The monoisotopic (exact) mass is 310 g/mol.